The molecule has 228 valence electrons. The first-order valence-corrected chi connectivity index (χ1v) is 16.9. The maximum absolute atomic E-state index is 14.8. The Bertz CT molecular complexity index is 2200. The van der Waals surface area contributed by atoms with E-state index in [0.29, 0.717) is 21.5 Å². The minimum absolute atomic E-state index is 0.0669. The number of aromatic nitrogens is 2. The molecule has 0 fully saturated rings. The van der Waals surface area contributed by atoms with Gasteiger partial charge in [-0.1, -0.05) is 41.9 Å². The van der Waals surface area contributed by atoms with E-state index in [4.69, 9.17) is 11.6 Å². The fraction of sp³-hybridized carbons (Fsp3) is 0.133. The molecular formula is C30H26ClFN4O6S2. The van der Waals surface area contributed by atoms with Crippen LogP contribution in [0.4, 0.5) is 4.39 Å². The second kappa shape index (κ2) is 12.0. The second-order valence-corrected chi connectivity index (χ2v) is 14.0. The van der Waals surface area contributed by atoms with Crippen LogP contribution in [0.5, 0.6) is 0 Å². The summed E-state index contributed by atoms with van der Waals surface area (Å²) < 4.78 is 71.3. The standard InChI is InChI=1S/C30H26ClFN4O6S2/c1-18(34-43(2,39)40)19-8-5-9-22(15-19)44(41,42)35-30(38)28-27(23-10-6-14-33-29(23)37)24-16-21(31)12-13-26(24)36(28)17-20-7-3-4-11-25(20)32/h3-16,18,34H,17H2,1-2H3,(H,33,37)(H,35,38). The van der Waals surface area contributed by atoms with Gasteiger partial charge in [0.25, 0.3) is 21.5 Å². The van der Waals surface area contributed by atoms with Crippen molar-refractivity contribution in [2.45, 2.75) is 24.4 Å². The first-order valence-electron chi connectivity index (χ1n) is 13.1. The van der Waals surface area contributed by atoms with E-state index in [0.717, 1.165) is 6.26 Å². The fourth-order valence-corrected chi connectivity index (χ4v) is 6.94. The summed E-state index contributed by atoms with van der Waals surface area (Å²) in [5, 5.41) is 0.665. The summed E-state index contributed by atoms with van der Waals surface area (Å²) in [7, 11) is -8.13. The highest BCUT2D eigenvalue weighted by atomic mass is 35.5. The van der Waals surface area contributed by atoms with Crippen molar-refractivity contribution >= 4 is 48.5 Å². The van der Waals surface area contributed by atoms with Crippen molar-refractivity contribution in [3.8, 4) is 11.1 Å². The molecule has 0 aliphatic rings. The summed E-state index contributed by atoms with van der Waals surface area (Å²) in [6, 6.07) is 18.4. The molecule has 0 saturated heterocycles. The molecule has 5 rings (SSSR count). The van der Waals surface area contributed by atoms with E-state index in [1.807, 2.05) is 0 Å². The third-order valence-electron chi connectivity index (χ3n) is 6.90. The van der Waals surface area contributed by atoms with Gasteiger partial charge < -0.3 is 9.55 Å². The lowest BCUT2D eigenvalue weighted by Gasteiger charge is -2.15. The summed E-state index contributed by atoms with van der Waals surface area (Å²) in [6.07, 6.45) is 2.39. The minimum Gasteiger partial charge on any atom is -0.331 e. The fourth-order valence-electron chi connectivity index (χ4n) is 4.98. The molecule has 0 bridgehead atoms. The average molecular weight is 657 g/mol. The van der Waals surface area contributed by atoms with Gasteiger partial charge in [0.1, 0.15) is 11.5 Å². The van der Waals surface area contributed by atoms with Gasteiger partial charge >= 0.3 is 0 Å². The van der Waals surface area contributed by atoms with Crippen molar-refractivity contribution in [1.82, 2.24) is 19.0 Å². The van der Waals surface area contributed by atoms with Crippen LogP contribution in [0.3, 0.4) is 0 Å². The number of pyridine rings is 1. The molecule has 1 unspecified atom stereocenters. The third kappa shape index (κ3) is 6.45. The van der Waals surface area contributed by atoms with Gasteiger partial charge in [0, 0.05) is 44.9 Å². The molecular weight excluding hydrogens is 631 g/mol. The Balaban J connectivity index is 1.68. The van der Waals surface area contributed by atoms with Gasteiger partial charge in [0.15, 0.2) is 0 Å². The van der Waals surface area contributed by atoms with Crippen LogP contribution in [0.1, 0.15) is 34.6 Å². The van der Waals surface area contributed by atoms with Crippen LogP contribution < -0.4 is 15.0 Å². The summed E-state index contributed by atoms with van der Waals surface area (Å²) in [5.41, 5.74) is 0.366. The quantitative estimate of drug-likeness (QED) is 0.212. The van der Waals surface area contributed by atoms with E-state index in [1.54, 1.807) is 43.3 Å². The Labute approximate surface area is 257 Å². The van der Waals surface area contributed by atoms with E-state index in [9.17, 15) is 30.8 Å². The van der Waals surface area contributed by atoms with Crippen LogP contribution in [-0.2, 0) is 26.6 Å². The Morgan fingerprint density at radius 1 is 1.00 bits per heavy atom. The van der Waals surface area contributed by atoms with E-state index >= 15 is 0 Å². The van der Waals surface area contributed by atoms with E-state index < -0.39 is 43.4 Å². The van der Waals surface area contributed by atoms with Crippen LogP contribution in [0.15, 0.2) is 94.7 Å². The predicted molar refractivity (Wildman–Crippen MR) is 166 cm³/mol. The van der Waals surface area contributed by atoms with Crippen LogP contribution in [0, 0.1) is 5.82 Å². The van der Waals surface area contributed by atoms with Crippen LogP contribution in [-0.4, -0.2) is 38.5 Å². The molecule has 0 saturated carbocycles. The maximum Gasteiger partial charge on any atom is 0.282 e. The molecule has 14 heteroatoms. The number of fused-ring (bicyclic) bond motifs is 1. The van der Waals surface area contributed by atoms with Crippen molar-refractivity contribution in [1.29, 1.82) is 0 Å². The van der Waals surface area contributed by atoms with E-state index in [-0.39, 0.29) is 33.8 Å². The summed E-state index contributed by atoms with van der Waals surface area (Å²) >= 11 is 6.32. The lowest BCUT2D eigenvalue weighted by atomic mass is 10.0. The predicted octanol–water partition coefficient (Wildman–Crippen LogP) is 4.57. The molecule has 2 heterocycles. The molecule has 10 nitrogen and oxygen atoms in total. The van der Waals surface area contributed by atoms with E-state index in [2.05, 4.69) is 14.4 Å². The largest absolute Gasteiger partial charge is 0.331 e. The van der Waals surface area contributed by atoms with Gasteiger partial charge in [0.2, 0.25) is 10.0 Å². The van der Waals surface area contributed by atoms with Crippen molar-refractivity contribution in [3.05, 3.63) is 123 Å². The monoisotopic (exact) mass is 656 g/mol. The maximum atomic E-state index is 14.8. The smallest absolute Gasteiger partial charge is 0.282 e. The van der Waals surface area contributed by atoms with Gasteiger partial charge in [-0.2, -0.15) is 0 Å². The molecule has 2 aromatic heterocycles. The molecule has 0 aliphatic carbocycles. The summed E-state index contributed by atoms with van der Waals surface area (Å²) in [5.74, 6) is -1.63. The second-order valence-electron chi connectivity index (χ2n) is 10.1. The van der Waals surface area contributed by atoms with Crippen LogP contribution >= 0.6 is 11.6 Å². The van der Waals surface area contributed by atoms with Crippen molar-refractivity contribution in [3.63, 3.8) is 0 Å². The summed E-state index contributed by atoms with van der Waals surface area (Å²) in [4.78, 5) is 29.3. The number of rotatable bonds is 9. The highest BCUT2D eigenvalue weighted by Gasteiger charge is 2.29. The first kappa shape index (κ1) is 31.1. The molecule has 0 radical (unpaired) electrons. The summed E-state index contributed by atoms with van der Waals surface area (Å²) in [6.45, 7) is 1.36. The van der Waals surface area contributed by atoms with Crippen molar-refractivity contribution in [2.75, 3.05) is 6.26 Å². The zero-order valence-corrected chi connectivity index (χ0v) is 25.7. The number of aromatic amines is 1. The lowest BCUT2D eigenvalue weighted by molar-refractivity contribution is 0.0974. The van der Waals surface area contributed by atoms with Gasteiger partial charge in [-0.05, 0) is 61.0 Å². The van der Waals surface area contributed by atoms with Gasteiger partial charge in [-0.15, -0.1) is 0 Å². The number of halogens is 2. The van der Waals surface area contributed by atoms with Gasteiger partial charge in [0.05, 0.1) is 17.7 Å². The minimum atomic E-state index is -4.54. The number of hydrogen-bond donors (Lipinski definition) is 3. The zero-order chi connectivity index (χ0) is 31.8. The zero-order valence-electron chi connectivity index (χ0n) is 23.3. The molecule has 44 heavy (non-hydrogen) atoms. The number of nitrogens with one attached hydrogen (secondary N) is 3. The number of nitrogens with zero attached hydrogens (tertiary/aromatic N) is 1. The Hall–Kier alpha value is -4.30. The SMILES string of the molecule is CC(NS(C)(=O)=O)c1cccc(S(=O)(=O)NC(=O)c2c(-c3ccc[nH]c3=O)c3cc(Cl)ccc3n2Cc2ccccc2F)c1. The number of hydrogen-bond acceptors (Lipinski definition) is 6. The molecule has 5 aromatic rings. The highest BCUT2D eigenvalue weighted by Crippen LogP contribution is 2.36. The van der Waals surface area contributed by atoms with Gasteiger partial charge in [-0.25, -0.2) is 30.7 Å². The van der Waals surface area contributed by atoms with Crippen molar-refractivity contribution in [2.24, 2.45) is 0 Å². The molecule has 1 amide bonds. The van der Waals surface area contributed by atoms with Crippen molar-refractivity contribution < 1.29 is 26.0 Å². The average Bonchev–Trinajstić information content (AvgIpc) is 3.26. The van der Waals surface area contributed by atoms with E-state index in [1.165, 1.54) is 53.2 Å². The highest BCUT2D eigenvalue weighted by molar-refractivity contribution is 7.90. The van der Waals surface area contributed by atoms with Crippen LogP contribution in [0.2, 0.25) is 5.02 Å². The molecule has 3 aromatic carbocycles. The first-order chi connectivity index (χ1) is 20.7. The molecule has 0 spiro atoms. The van der Waals surface area contributed by atoms with Gasteiger partial charge in [-0.3, -0.25) is 9.59 Å². The molecule has 0 aliphatic heterocycles. The third-order valence-corrected chi connectivity index (χ3v) is 9.25. The molecule has 1 atom stereocenters. The lowest BCUT2D eigenvalue weighted by Crippen LogP contribution is -2.33. The molecule has 3 N–H and O–H groups in total. The number of carbonyl (C=O) groups is 1. The number of benzene rings is 3. The Kier molecular flexibility index (Phi) is 8.49. The Morgan fingerprint density at radius 3 is 2.45 bits per heavy atom. The topological polar surface area (TPSA) is 147 Å². The normalized spacial score (nSPS) is 12.7. The Morgan fingerprint density at radius 2 is 1.75 bits per heavy atom. The number of H-pyrrole nitrogens is 1. The number of amides is 1. The van der Waals surface area contributed by atoms with Crippen LogP contribution in [0.25, 0.3) is 22.0 Å². The number of carbonyl (C=O) groups excluding carboxylic acids is 1. The number of sulfonamides is 2.